The zero-order valence-corrected chi connectivity index (χ0v) is 7.18. The number of allylic oxidation sites excluding steroid dienone is 1. The van der Waals surface area contributed by atoms with Gasteiger partial charge in [0, 0.05) is 0 Å². The summed E-state index contributed by atoms with van der Waals surface area (Å²) in [7, 11) is 0. The van der Waals surface area contributed by atoms with Crippen molar-refractivity contribution in [3.8, 4) is 0 Å². The van der Waals surface area contributed by atoms with Crippen LogP contribution in [-0.2, 0) is 11.2 Å². The largest absolute Gasteiger partial charge is 0.604 e. The van der Waals surface area contributed by atoms with Crippen molar-refractivity contribution >= 4 is 11.2 Å². The molecule has 5 heteroatoms. The average Bonchev–Trinajstić information content (AvgIpc) is 2.35. The SMILES string of the molecule is CC(C)=C[S+]([O-])c1nnc[nH]1. The van der Waals surface area contributed by atoms with Crippen LogP contribution in [0.15, 0.2) is 22.5 Å². The molecular formula is C6H9N3OS. The molecule has 1 unspecified atom stereocenters. The summed E-state index contributed by atoms with van der Waals surface area (Å²) in [6.45, 7) is 3.77. The van der Waals surface area contributed by atoms with Crippen LogP contribution >= 0.6 is 0 Å². The highest BCUT2D eigenvalue weighted by molar-refractivity contribution is 7.94. The molecule has 0 radical (unpaired) electrons. The summed E-state index contributed by atoms with van der Waals surface area (Å²) in [5, 5.41) is 9.16. The summed E-state index contributed by atoms with van der Waals surface area (Å²) in [5.41, 5.74) is 1.000. The van der Waals surface area contributed by atoms with E-state index >= 15 is 0 Å². The number of aromatic amines is 1. The van der Waals surface area contributed by atoms with Crippen molar-refractivity contribution in [3.05, 3.63) is 17.3 Å². The van der Waals surface area contributed by atoms with Crippen molar-refractivity contribution in [2.75, 3.05) is 0 Å². The van der Waals surface area contributed by atoms with Gasteiger partial charge in [-0.1, -0.05) is 5.10 Å². The van der Waals surface area contributed by atoms with Crippen LogP contribution in [0.1, 0.15) is 13.8 Å². The van der Waals surface area contributed by atoms with Gasteiger partial charge in [0.2, 0.25) is 0 Å². The second-order valence-corrected chi connectivity index (χ2v) is 3.50. The molecule has 0 amide bonds. The minimum absolute atomic E-state index is 0.395. The van der Waals surface area contributed by atoms with Crippen LogP contribution in [0.25, 0.3) is 0 Å². The summed E-state index contributed by atoms with van der Waals surface area (Å²) >= 11 is -1.17. The molecule has 4 nitrogen and oxygen atoms in total. The average molecular weight is 171 g/mol. The zero-order valence-electron chi connectivity index (χ0n) is 6.37. The van der Waals surface area contributed by atoms with E-state index in [2.05, 4.69) is 15.2 Å². The minimum atomic E-state index is -1.17. The molecule has 1 rings (SSSR count). The zero-order chi connectivity index (χ0) is 8.27. The van der Waals surface area contributed by atoms with Crippen LogP contribution in [0.3, 0.4) is 0 Å². The van der Waals surface area contributed by atoms with Crippen LogP contribution in [0, 0.1) is 0 Å². The van der Waals surface area contributed by atoms with Crippen molar-refractivity contribution in [2.24, 2.45) is 0 Å². The summed E-state index contributed by atoms with van der Waals surface area (Å²) in [4.78, 5) is 2.68. The predicted octanol–water partition coefficient (Wildman–Crippen LogP) is 0.836. The summed E-state index contributed by atoms with van der Waals surface area (Å²) in [6.07, 6.45) is 1.41. The van der Waals surface area contributed by atoms with Gasteiger partial charge in [-0.2, -0.15) is 0 Å². The van der Waals surface area contributed by atoms with Gasteiger partial charge in [0.25, 0.3) is 0 Å². The Labute approximate surface area is 67.9 Å². The molecule has 0 aromatic carbocycles. The molecule has 11 heavy (non-hydrogen) atoms. The van der Waals surface area contributed by atoms with Crippen LogP contribution in [0.2, 0.25) is 0 Å². The maximum absolute atomic E-state index is 11.2. The van der Waals surface area contributed by atoms with E-state index in [1.54, 1.807) is 5.41 Å². The fraction of sp³-hybridized carbons (Fsp3) is 0.333. The Morgan fingerprint density at radius 2 is 2.45 bits per heavy atom. The molecule has 60 valence electrons. The Hall–Kier alpha value is -0.810. The van der Waals surface area contributed by atoms with Crippen molar-refractivity contribution < 1.29 is 4.55 Å². The summed E-state index contributed by atoms with van der Waals surface area (Å²) in [6, 6.07) is 0. The van der Waals surface area contributed by atoms with E-state index in [-0.39, 0.29) is 0 Å². The van der Waals surface area contributed by atoms with Gasteiger partial charge in [0.1, 0.15) is 11.7 Å². The summed E-state index contributed by atoms with van der Waals surface area (Å²) in [5.74, 6) is 0. The van der Waals surface area contributed by atoms with E-state index < -0.39 is 11.2 Å². The minimum Gasteiger partial charge on any atom is -0.604 e. The second kappa shape index (κ2) is 3.54. The fourth-order valence-corrected chi connectivity index (χ4v) is 1.40. The number of nitrogens with one attached hydrogen (secondary N) is 1. The molecular weight excluding hydrogens is 162 g/mol. The molecule has 0 saturated heterocycles. The smallest absolute Gasteiger partial charge is 0.345 e. The third-order valence-electron chi connectivity index (χ3n) is 0.928. The number of hydrogen-bond donors (Lipinski definition) is 1. The number of aromatic nitrogens is 3. The Bertz CT molecular complexity index is 240. The molecule has 1 atom stereocenters. The van der Waals surface area contributed by atoms with Gasteiger partial charge in [-0.05, 0) is 19.4 Å². The number of rotatable bonds is 2. The Morgan fingerprint density at radius 1 is 1.73 bits per heavy atom. The first kappa shape index (κ1) is 8.29. The number of H-pyrrole nitrogens is 1. The van der Waals surface area contributed by atoms with Crippen molar-refractivity contribution in [2.45, 2.75) is 19.0 Å². The molecule has 0 aliphatic heterocycles. The summed E-state index contributed by atoms with van der Waals surface area (Å²) < 4.78 is 11.2. The first-order chi connectivity index (χ1) is 5.20. The van der Waals surface area contributed by atoms with E-state index in [0.717, 1.165) is 5.57 Å². The fourth-order valence-electron chi connectivity index (χ4n) is 0.562. The maximum Gasteiger partial charge on any atom is 0.345 e. The number of nitrogens with zero attached hydrogens (tertiary/aromatic N) is 2. The molecule has 0 aliphatic rings. The molecule has 0 saturated carbocycles. The van der Waals surface area contributed by atoms with E-state index in [4.69, 9.17) is 0 Å². The first-order valence-electron chi connectivity index (χ1n) is 3.12. The monoisotopic (exact) mass is 171 g/mol. The van der Waals surface area contributed by atoms with Crippen LogP contribution in [0.5, 0.6) is 0 Å². The van der Waals surface area contributed by atoms with Gasteiger partial charge in [-0.3, -0.25) is 4.98 Å². The van der Waals surface area contributed by atoms with Gasteiger partial charge in [-0.15, -0.1) is 5.10 Å². The predicted molar refractivity (Wildman–Crippen MR) is 42.2 cm³/mol. The van der Waals surface area contributed by atoms with Crippen molar-refractivity contribution in [1.29, 1.82) is 0 Å². The number of hydrogen-bond acceptors (Lipinski definition) is 3. The highest BCUT2D eigenvalue weighted by Gasteiger charge is 2.10. The van der Waals surface area contributed by atoms with E-state index in [1.165, 1.54) is 6.33 Å². The molecule has 0 fully saturated rings. The molecule has 0 spiro atoms. The Kier molecular flexibility index (Phi) is 2.67. The van der Waals surface area contributed by atoms with Gasteiger partial charge in [0.05, 0.1) is 11.2 Å². The lowest BCUT2D eigenvalue weighted by Gasteiger charge is -1.98. The van der Waals surface area contributed by atoms with Gasteiger partial charge >= 0.3 is 5.16 Å². The normalized spacial score (nSPS) is 12.6. The second-order valence-electron chi connectivity index (χ2n) is 2.29. The standard InChI is InChI=1S/C6H9N3OS/c1-5(2)3-11(10)6-7-4-8-9-6/h3-4H,1-2H3,(H,7,8,9). The van der Waals surface area contributed by atoms with Gasteiger partial charge < -0.3 is 4.55 Å². The van der Waals surface area contributed by atoms with Crippen LogP contribution < -0.4 is 0 Å². The lowest BCUT2D eigenvalue weighted by atomic mass is 10.4. The topological polar surface area (TPSA) is 64.6 Å². The van der Waals surface area contributed by atoms with E-state index in [9.17, 15) is 4.55 Å². The van der Waals surface area contributed by atoms with E-state index in [1.807, 2.05) is 13.8 Å². The molecule has 0 bridgehead atoms. The Balaban J connectivity index is 2.71. The maximum atomic E-state index is 11.2. The molecule has 1 N–H and O–H groups in total. The highest BCUT2D eigenvalue weighted by Crippen LogP contribution is 2.06. The third kappa shape index (κ3) is 2.36. The van der Waals surface area contributed by atoms with Crippen LogP contribution in [-0.4, -0.2) is 19.7 Å². The highest BCUT2D eigenvalue weighted by atomic mass is 32.2. The van der Waals surface area contributed by atoms with Crippen molar-refractivity contribution in [3.63, 3.8) is 0 Å². The van der Waals surface area contributed by atoms with Crippen LogP contribution in [0.4, 0.5) is 0 Å². The van der Waals surface area contributed by atoms with Crippen molar-refractivity contribution in [1.82, 2.24) is 15.2 Å². The molecule has 1 aromatic rings. The molecule has 1 heterocycles. The van der Waals surface area contributed by atoms with Gasteiger partial charge in [-0.25, -0.2) is 0 Å². The third-order valence-corrected chi connectivity index (χ3v) is 2.19. The quantitative estimate of drug-likeness (QED) is 0.670. The lowest BCUT2D eigenvalue weighted by molar-refractivity contribution is 0.595. The first-order valence-corrected chi connectivity index (χ1v) is 4.33. The lowest BCUT2D eigenvalue weighted by Crippen LogP contribution is -1.99. The molecule has 1 aromatic heterocycles. The van der Waals surface area contributed by atoms with E-state index in [0.29, 0.717) is 5.16 Å². The molecule has 0 aliphatic carbocycles. The van der Waals surface area contributed by atoms with Gasteiger partial charge in [0.15, 0.2) is 0 Å². The Morgan fingerprint density at radius 3 is 2.91 bits per heavy atom.